The Morgan fingerprint density at radius 2 is 2.18 bits per heavy atom. The van der Waals surface area contributed by atoms with Gasteiger partial charge in [-0.3, -0.25) is 9.78 Å². The molecule has 22 heavy (non-hydrogen) atoms. The molecule has 0 bridgehead atoms. The van der Waals surface area contributed by atoms with E-state index in [2.05, 4.69) is 14.5 Å². The van der Waals surface area contributed by atoms with Crippen LogP contribution in [0.2, 0.25) is 0 Å². The van der Waals surface area contributed by atoms with E-state index in [1.54, 1.807) is 17.5 Å². The number of fused-ring (bicyclic) bond motifs is 1. The topological polar surface area (TPSA) is 51.0 Å². The highest BCUT2D eigenvalue weighted by molar-refractivity contribution is 7.08. The summed E-state index contributed by atoms with van der Waals surface area (Å²) in [4.78, 5) is 22.9. The lowest BCUT2D eigenvalue weighted by Crippen LogP contribution is -2.38. The maximum Gasteiger partial charge on any atom is 0.255 e. The molecule has 4 rings (SSSR count). The molecular weight excluding hydrogens is 296 g/mol. The molecule has 4 heterocycles. The third-order valence-corrected chi connectivity index (χ3v) is 4.56. The quantitative estimate of drug-likeness (QED) is 0.731. The van der Waals surface area contributed by atoms with Crippen LogP contribution in [0.1, 0.15) is 16.2 Å². The van der Waals surface area contributed by atoms with Crippen molar-refractivity contribution in [3.63, 3.8) is 0 Å². The molecule has 0 aromatic carbocycles. The Balaban J connectivity index is 1.61. The first kappa shape index (κ1) is 13.2. The van der Waals surface area contributed by atoms with Crippen molar-refractivity contribution >= 4 is 17.2 Å². The van der Waals surface area contributed by atoms with Gasteiger partial charge in [0.05, 0.1) is 24.0 Å². The maximum atomic E-state index is 12.4. The predicted octanol–water partition coefficient (Wildman–Crippen LogP) is 2.66. The molecule has 6 heteroatoms. The fraction of sp³-hybridized carbons (Fsp3) is 0.188. The van der Waals surface area contributed by atoms with E-state index in [1.807, 2.05) is 46.3 Å². The first-order chi connectivity index (χ1) is 10.8. The number of hydrogen-bond donors (Lipinski definition) is 0. The average Bonchev–Trinajstić information content (AvgIpc) is 3.24. The smallest absolute Gasteiger partial charge is 0.255 e. The Kier molecular flexibility index (Phi) is 3.23. The first-order valence-electron chi connectivity index (χ1n) is 7.09. The standard InChI is InChI=1S/C16H14N4OS/c21-16(13-3-7-22-11-13)19-5-6-20-14(9-18-15(20)10-19)12-2-1-4-17-8-12/h1-4,7-9,11H,5-6,10H2. The largest absolute Gasteiger partial charge is 0.329 e. The molecule has 0 unspecified atom stereocenters. The van der Waals surface area contributed by atoms with Crippen LogP contribution in [-0.4, -0.2) is 31.9 Å². The van der Waals surface area contributed by atoms with Crippen molar-refractivity contribution in [1.82, 2.24) is 19.4 Å². The van der Waals surface area contributed by atoms with Crippen LogP contribution < -0.4 is 0 Å². The van der Waals surface area contributed by atoms with Gasteiger partial charge in [0.2, 0.25) is 0 Å². The number of imidazole rings is 1. The molecule has 0 fully saturated rings. The van der Waals surface area contributed by atoms with Gasteiger partial charge in [-0.25, -0.2) is 4.98 Å². The first-order valence-corrected chi connectivity index (χ1v) is 8.03. The van der Waals surface area contributed by atoms with Crippen LogP contribution in [0.25, 0.3) is 11.3 Å². The molecule has 1 amide bonds. The summed E-state index contributed by atoms with van der Waals surface area (Å²) in [7, 11) is 0. The Labute approximate surface area is 131 Å². The van der Waals surface area contributed by atoms with Crippen LogP contribution >= 0.6 is 11.3 Å². The highest BCUT2D eigenvalue weighted by Gasteiger charge is 2.24. The molecule has 3 aromatic rings. The number of aromatic nitrogens is 3. The summed E-state index contributed by atoms with van der Waals surface area (Å²) in [6, 6.07) is 5.82. The average molecular weight is 310 g/mol. The summed E-state index contributed by atoms with van der Waals surface area (Å²) in [5.41, 5.74) is 2.88. The van der Waals surface area contributed by atoms with Crippen LogP contribution in [0.15, 0.2) is 47.5 Å². The summed E-state index contributed by atoms with van der Waals surface area (Å²) < 4.78 is 2.18. The van der Waals surface area contributed by atoms with Gasteiger partial charge in [-0.1, -0.05) is 0 Å². The van der Waals surface area contributed by atoms with E-state index in [4.69, 9.17) is 0 Å². The number of nitrogens with zero attached hydrogens (tertiary/aromatic N) is 4. The van der Waals surface area contributed by atoms with Gasteiger partial charge < -0.3 is 9.47 Å². The van der Waals surface area contributed by atoms with E-state index in [9.17, 15) is 4.79 Å². The van der Waals surface area contributed by atoms with Crippen LogP contribution in [0.4, 0.5) is 0 Å². The van der Waals surface area contributed by atoms with Crippen LogP contribution in [-0.2, 0) is 13.1 Å². The number of rotatable bonds is 2. The molecule has 1 aliphatic heterocycles. The van der Waals surface area contributed by atoms with Crippen molar-refractivity contribution in [3.8, 4) is 11.3 Å². The van der Waals surface area contributed by atoms with Crippen LogP contribution in [0.3, 0.4) is 0 Å². The Morgan fingerprint density at radius 3 is 2.95 bits per heavy atom. The molecule has 0 N–H and O–H groups in total. The third-order valence-electron chi connectivity index (χ3n) is 3.88. The minimum atomic E-state index is 0.0819. The van der Waals surface area contributed by atoms with E-state index >= 15 is 0 Å². The van der Waals surface area contributed by atoms with Gasteiger partial charge in [0, 0.05) is 36.4 Å². The zero-order valence-electron chi connectivity index (χ0n) is 11.8. The van der Waals surface area contributed by atoms with Crippen molar-refractivity contribution in [2.24, 2.45) is 0 Å². The summed E-state index contributed by atoms with van der Waals surface area (Å²) in [6.45, 7) is 2.01. The zero-order valence-corrected chi connectivity index (χ0v) is 12.7. The van der Waals surface area contributed by atoms with E-state index in [0.29, 0.717) is 13.1 Å². The molecular formula is C16H14N4OS. The van der Waals surface area contributed by atoms with E-state index in [1.165, 1.54) is 0 Å². The lowest BCUT2D eigenvalue weighted by Gasteiger charge is -2.28. The minimum absolute atomic E-state index is 0.0819. The number of pyridine rings is 1. The van der Waals surface area contributed by atoms with Gasteiger partial charge in [-0.15, -0.1) is 0 Å². The van der Waals surface area contributed by atoms with Gasteiger partial charge in [0.25, 0.3) is 5.91 Å². The predicted molar refractivity (Wildman–Crippen MR) is 84.5 cm³/mol. The molecule has 1 aliphatic rings. The Morgan fingerprint density at radius 1 is 1.23 bits per heavy atom. The Hall–Kier alpha value is -2.47. The van der Waals surface area contributed by atoms with Crippen molar-refractivity contribution in [2.45, 2.75) is 13.1 Å². The second-order valence-corrected chi connectivity index (χ2v) is 5.97. The summed E-state index contributed by atoms with van der Waals surface area (Å²) in [5, 5.41) is 3.82. The third kappa shape index (κ3) is 2.21. The Bertz CT molecular complexity index is 795. The second-order valence-electron chi connectivity index (χ2n) is 5.19. The lowest BCUT2D eigenvalue weighted by atomic mass is 10.2. The van der Waals surface area contributed by atoms with Gasteiger partial charge >= 0.3 is 0 Å². The summed E-state index contributed by atoms with van der Waals surface area (Å²) in [5.74, 6) is 1.01. The molecule has 0 saturated heterocycles. The lowest BCUT2D eigenvalue weighted by molar-refractivity contribution is 0.0708. The molecule has 0 aliphatic carbocycles. The van der Waals surface area contributed by atoms with E-state index < -0.39 is 0 Å². The normalized spacial score (nSPS) is 13.9. The van der Waals surface area contributed by atoms with Crippen molar-refractivity contribution in [2.75, 3.05) is 6.54 Å². The van der Waals surface area contributed by atoms with Crippen LogP contribution in [0, 0.1) is 0 Å². The van der Waals surface area contributed by atoms with Gasteiger partial charge in [-0.2, -0.15) is 11.3 Å². The zero-order chi connectivity index (χ0) is 14.9. The second kappa shape index (κ2) is 5.38. The molecule has 5 nitrogen and oxygen atoms in total. The maximum absolute atomic E-state index is 12.4. The van der Waals surface area contributed by atoms with Gasteiger partial charge in [0.15, 0.2) is 0 Å². The van der Waals surface area contributed by atoms with Crippen molar-refractivity contribution < 1.29 is 4.79 Å². The monoisotopic (exact) mass is 310 g/mol. The fourth-order valence-corrected chi connectivity index (χ4v) is 3.38. The van der Waals surface area contributed by atoms with E-state index in [0.717, 1.165) is 29.2 Å². The molecule has 110 valence electrons. The molecule has 0 spiro atoms. The SMILES string of the molecule is O=C(c1ccsc1)N1CCn2c(-c3cccnc3)cnc2C1. The molecule has 3 aromatic heterocycles. The van der Waals surface area contributed by atoms with Crippen molar-refractivity contribution in [3.05, 3.63) is 58.9 Å². The van der Waals surface area contributed by atoms with Gasteiger partial charge in [0.1, 0.15) is 5.82 Å². The van der Waals surface area contributed by atoms with Gasteiger partial charge in [-0.05, 0) is 23.6 Å². The van der Waals surface area contributed by atoms with Crippen LogP contribution in [0.5, 0.6) is 0 Å². The molecule has 0 saturated carbocycles. The number of carbonyl (C=O) groups is 1. The number of thiophene rings is 1. The minimum Gasteiger partial charge on any atom is -0.329 e. The molecule has 0 atom stereocenters. The fourth-order valence-electron chi connectivity index (χ4n) is 2.75. The highest BCUT2D eigenvalue weighted by atomic mass is 32.1. The number of hydrogen-bond acceptors (Lipinski definition) is 4. The summed E-state index contributed by atoms with van der Waals surface area (Å²) in [6.07, 6.45) is 5.47. The summed E-state index contributed by atoms with van der Waals surface area (Å²) >= 11 is 1.54. The molecule has 0 radical (unpaired) electrons. The van der Waals surface area contributed by atoms with Crippen molar-refractivity contribution in [1.29, 1.82) is 0 Å². The number of amides is 1. The number of carbonyl (C=O) groups excluding carboxylic acids is 1. The highest BCUT2D eigenvalue weighted by Crippen LogP contribution is 2.24. The van der Waals surface area contributed by atoms with E-state index in [-0.39, 0.29) is 5.91 Å².